The van der Waals surface area contributed by atoms with Crippen LogP contribution in [-0.2, 0) is 6.54 Å². The van der Waals surface area contributed by atoms with Gasteiger partial charge in [0.1, 0.15) is 0 Å². The first kappa shape index (κ1) is 15.0. The summed E-state index contributed by atoms with van der Waals surface area (Å²) in [7, 11) is 2.24. The summed E-state index contributed by atoms with van der Waals surface area (Å²) in [6.07, 6.45) is 3.97. The number of likely N-dealkylation sites (tertiary alicyclic amines) is 2. The van der Waals surface area contributed by atoms with Gasteiger partial charge >= 0.3 is 0 Å². The third-order valence-electron chi connectivity index (χ3n) is 5.02. The number of nitrogens with one attached hydrogen (secondary N) is 1. The minimum absolute atomic E-state index is 0.739. The zero-order valence-electron chi connectivity index (χ0n) is 13.3. The molecule has 1 N–H and O–H groups in total. The first-order chi connectivity index (χ1) is 10.3. The fourth-order valence-corrected chi connectivity index (χ4v) is 3.66. The summed E-state index contributed by atoms with van der Waals surface area (Å²) in [5.41, 5.74) is 1.44. The van der Waals surface area contributed by atoms with Crippen LogP contribution in [0.2, 0.25) is 0 Å². The van der Waals surface area contributed by atoms with E-state index in [1.54, 1.807) is 0 Å². The van der Waals surface area contributed by atoms with E-state index in [1.165, 1.54) is 57.5 Å². The maximum atomic E-state index is 3.82. The molecular weight excluding hydrogens is 258 g/mol. The van der Waals surface area contributed by atoms with Crippen molar-refractivity contribution >= 4 is 0 Å². The van der Waals surface area contributed by atoms with Gasteiger partial charge in [-0.2, -0.15) is 0 Å². The number of piperidine rings is 1. The summed E-state index contributed by atoms with van der Waals surface area (Å²) < 4.78 is 0. The van der Waals surface area contributed by atoms with E-state index in [-0.39, 0.29) is 0 Å². The quantitative estimate of drug-likeness (QED) is 0.895. The molecule has 0 aromatic heterocycles. The maximum absolute atomic E-state index is 3.82. The Morgan fingerprint density at radius 1 is 1.05 bits per heavy atom. The van der Waals surface area contributed by atoms with Crippen LogP contribution in [0.3, 0.4) is 0 Å². The Hall–Kier alpha value is -0.900. The van der Waals surface area contributed by atoms with E-state index in [2.05, 4.69) is 52.5 Å². The zero-order chi connectivity index (χ0) is 14.5. The van der Waals surface area contributed by atoms with Gasteiger partial charge in [-0.1, -0.05) is 30.3 Å². The van der Waals surface area contributed by atoms with Crippen LogP contribution in [-0.4, -0.2) is 55.6 Å². The highest BCUT2D eigenvalue weighted by Gasteiger charge is 2.22. The largest absolute Gasteiger partial charge is 0.314 e. The fraction of sp³-hybridized carbons (Fsp3) is 0.667. The molecule has 1 atom stereocenters. The van der Waals surface area contributed by atoms with Crippen molar-refractivity contribution in [2.45, 2.75) is 31.8 Å². The molecule has 2 saturated heterocycles. The highest BCUT2D eigenvalue weighted by molar-refractivity contribution is 5.14. The van der Waals surface area contributed by atoms with Gasteiger partial charge < -0.3 is 10.2 Å². The van der Waals surface area contributed by atoms with Crippen molar-refractivity contribution in [3.8, 4) is 0 Å². The lowest BCUT2D eigenvalue weighted by Crippen LogP contribution is -2.43. The van der Waals surface area contributed by atoms with Crippen molar-refractivity contribution in [2.24, 2.45) is 5.92 Å². The van der Waals surface area contributed by atoms with Crippen LogP contribution in [0.5, 0.6) is 0 Å². The average Bonchev–Trinajstić information content (AvgIpc) is 2.93. The van der Waals surface area contributed by atoms with Crippen molar-refractivity contribution in [1.82, 2.24) is 15.1 Å². The molecule has 0 amide bonds. The predicted octanol–water partition coefficient (Wildman–Crippen LogP) is 2.19. The minimum Gasteiger partial charge on any atom is -0.314 e. The molecule has 3 rings (SSSR count). The summed E-state index contributed by atoms with van der Waals surface area (Å²) in [6.45, 7) is 7.35. The Kier molecular flexibility index (Phi) is 5.28. The van der Waals surface area contributed by atoms with Gasteiger partial charge in [-0.25, -0.2) is 0 Å². The molecule has 116 valence electrons. The Balaban J connectivity index is 1.35. The van der Waals surface area contributed by atoms with Crippen LogP contribution in [0.1, 0.15) is 24.8 Å². The van der Waals surface area contributed by atoms with E-state index < -0.39 is 0 Å². The molecule has 0 saturated carbocycles. The molecule has 1 aromatic carbocycles. The lowest BCUT2D eigenvalue weighted by atomic mass is 10.0. The number of hydrogen-bond acceptors (Lipinski definition) is 3. The van der Waals surface area contributed by atoms with Gasteiger partial charge in [0, 0.05) is 19.1 Å². The van der Waals surface area contributed by atoms with Crippen LogP contribution < -0.4 is 5.32 Å². The smallest absolute Gasteiger partial charge is 0.0233 e. The predicted molar refractivity (Wildman–Crippen MR) is 88.3 cm³/mol. The molecule has 2 aliphatic rings. The van der Waals surface area contributed by atoms with E-state index >= 15 is 0 Å². The number of nitrogens with zero attached hydrogens (tertiary/aromatic N) is 2. The molecule has 1 aromatic rings. The molecule has 0 spiro atoms. The zero-order valence-corrected chi connectivity index (χ0v) is 13.3. The van der Waals surface area contributed by atoms with Crippen molar-refractivity contribution in [2.75, 3.05) is 39.8 Å². The fourth-order valence-electron chi connectivity index (χ4n) is 3.66. The number of rotatable bonds is 5. The van der Waals surface area contributed by atoms with Crippen LogP contribution in [0.25, 0.3) is 0 Å². The van der Waals surface area contributed by atoms with Gasteiger partial charge in [-0.3, -0.25) is 4.90 Å². The van der Waals surface area contributed by atoms with E-state index in [0.717, 1.165) is 18.5 Å². The van der Waals surface area contributed by atoms with E-state index in [4.69, 9.17) is 0 Å². The van der Waals surface area contributed by atoms with E-state index in [9.17, 15) is 0 Å². The number of benzene rings is 1. The molecule has 0 bridgehead atoms. The number of hydrogen-bond donors (Lipinski definition) is 1. The van der Waals surface area contributed by atoms with Gasteiger partial charge in [0.25, 0.3) is 0 Å². The Morgan fingerprint density at radius 3 is 2.48 bits per heavy atom. The summed E-state index contributed by atoms with van der Waals surface area (Å²) in [4.78, 5) is 5.05. The highest BCUT2D eigenvalue weighted by atomic mass is 15.1. The SMILES string of the molecule is CN1CCC(CNC2CCN(Cc3ccccc3)CC2)C1. The van der Waals surface area contributed by atoms with Crippen LogP contribution >= 0.6 is 0 Å². The molecule has 3 nitrogen and oxygen atoms in total. The molecule has 21 heavy (non-hydrogen) atoms. The van der Waals surface area contributed by atoms with Crippen molar-refractivity contribution in [3.63, 3.8) is 0 Å². The first-order valence-electron chi connectivity index (χ1n) is 8.48. The monoisotopic (exact) mass is 287 g/mol. The molecule has 2 heterocycles. The second-order valence-electron chi connectivity index (χ2n) is 6.86. The molecule has 0 aliphatic carbocycles. The average molecular weight is 287 g/mol. The van der Waals surface area contributed by atoms with Crippen molar-refractivity contribution in [1.29, 1.82) is 0 Å². The summed E-state index contributed by atoms with van der Waals surface area (Å²) >= 11 is 0. The summed E-state index contributed by atoms with van der Waals surface area (Å²) in [5.74, 6) is 0.873. The first-order valence-corrected chi connectivity index (χ1v) is 8.48. The summed E-state index contributed by atoms with van der Waals surface area (Å²) in [6, 6.07) is 11.6. The van der Waals surface area contributed by atoms with Gasteiger partial charge in [0.05, 0.1) is 0 Å². The van der Waals surface area contributed by atoms with Crippen molar-refractivity contribution in [3.05, 3.63) is 35.9 Å². The van der Waals surface area contributed by atoms with Crippen LogP contribution in [0.4, 0.5) is 0 Å². The molecule has 1 unspecified atom stereocenters. The standard InChI is InChI=1S/C18H29N3/c1-20-10-7-17(14-20)13-19-18-8-11-21(12-9-18)15-16-5-3-2-4-6-16/h2-6,17-19H,7-15H2,1H3. The third kappa shape index (κ3) is 4.53. The van der Waals surface area contributed by atoms with Gasteiger partial charge in [-0.15, -0.1) is 0 Å². The van der Waals surface area contributed by atoms with Gasteiger partial charge in [-0.05, 0) is 64.0 Å². The molecule has 0 radical (unpaired) electrons. The third-order valence-corrected chi connectivity index (χ3v) is 5.02. The lowest BCUT2D eigenvalue weighted by molar-refractivity contribution is 0.188. The highest BCUT2D eigenvalue weighted by Crippen LogP contribution is 2.16. The maximum Gasteiger partial charge on any atom is 0.0233 e. The second-order valence-corrected chi connectivity index (χ2v) is 6.86. The Labute approximate surface area is 129 Å². The normalized spacial score (nSPS) is 25.5. The molecular formula is C18H29N3. The molecule has 2 fully saturated rings. The topological polar surface area (TPSA) is 18.5 Å². The minimum atomic E-state index is 0.739. The molecule has 3 heteroatoms. The van der Waals surface area contributed by atoms with Crippen molar-refractivity contribution < 1.29 is 0 Å². The Bertz CT molecular complexity index is 412. The van der Waals surface area contributed by atoms with Crippen LogP contribution in [0, 0.1) is 5.92 Å². The lowest BCUT2D eigenvalue weighted by Gasteiger charge is -2.33. The Morgan fingerprint density at radius 2 is 1.81 bits per heavy atom. The van der Waals surface area contributed by atoms with Gasteiger partial charge in [0.15, 0.2) is 0 Å². The van der Waals surface area contributed by atoms with E-state index in [0.29, 0.717) is 0 Å². The molecule has 2 aliphatic heterocycles. The van der Waals surface area contributed by atoms with Gasteiger partial charge in [0.2, 0.25) is 0 Å². The second kappa shape index (κ2) is 7.39. The van der Waals surface area contributed by atoms with E-state index in [1.807, 2.05) is 0 Å². The summed E-state index contributed by atoms with van der Waals surface area (Å²) in [5, 5.41) is 3.82. The van der Waals surface area contributed by atoms with Crippen LogP contribution in [0.15, 0.2) is 30.3 Å².